The molecule has 0 rings (SSSR count). The Hall–Kier alpha value is -0.880. The Morgan fingerprint density at radius 1 is 1.00 bits per heavy atom. The maximum Gasteiger partial charge on any atom is 0.216 e. The number of unbranched alkanes of at least 4 members (excludes halogenated alkanes) is 4. The van der Waals surface area contributed by atoms with Gasteiger partial charge in [0.1, 0.15) is 10.8 Å². The van der Waals surface area contributed by atoms with Crippen LogP contribution in [0.2, 0.25) is 0 Å². The molecule has 6 heteroatoms. The minimum Gasteiger partial charge on any atom is -0.378 e. The van der Waals surface area contributed by atoms with Crippen molar-refractivity contribution in [3.05, 3.63) is 0 Å². The highest BCUT2D eigenvalue weighted by molar-refractivity contribution is 7.89. The van der Waals surface area contributed by atoms with E-state index in [2.05, 4.69) is 10.6 Å². The zero-order valence-corrected chi connectivity index (χ0v) is 13.9. The second-order valence-corrected chi connectivity index (χ2v) is 5.62. The third-order valence-corrected chi connectivity index (χ3v) is 3.77. The van der Waals surface area contributed by atoms with Crippen LogP contribution in [0.5, 0.6) is 0 Å². The maximum atomic E-state index is 11.7. The van der Waals surface area contributed by atoms with E-state index in [9.17, 15) is 9.59 Å². The van der Waals surface area contributed by atoms with Crippen LogP contribution in [0.25, 0.3) is 0 Å². The number of carbonyl (C=O) groups excluding carboxylic acids is 2. The lowest BCUT2D eigenvalue weighted by Crippen LogP contribution is -2.25. The molecular formula is C14H24N2O2S2. The lowest BCUT2D eigenvalue weighted by atomic mass is 10.1. The Balaban J connectivity index is 3.46. The van der Waals surface area contributed by atoms with Gasteiger partial charge in [-0.15, -0.1) is 0 Å². The molecule has 0 aliphatic carbocycles. The van der Waals surface area contributed by atoms with Crippen molar-refractivity contribution in [1.29, 1.82) is 0 Å². The average Bonchev–Trinajstić information content (AvgIpc) is 2.40. The fourth-order valence-electron chi connectivity index (χ4n) is 1.73. The van der Waals surface area contributed by atoms with Gasteiger partial charge >= 0.3 is 0 Å². The van der Waals surface area contributed by atoms with E-state index in [0.717, 1.165) is 38.6 Å². The van der Waals surface area contributed by atoms with Crippen LogP contribution in [0.3, 0.4) is 0 Å². The SMILES string of the molecule is CNC(=S)C(=S)CC(=O)CCCCCCCNC(C)=O. The lowest BCUT2D eigenvalue weighted by Gasteiger charge is -2.05. The van der Waals surface area contributed by atoms with E-state index in [0.29, 0.717) is 16.3 Å². The summed E-state index contributed by atoms with van der Waals surface area (Å²) in [5.41, 5.74) is 0. The Morgan fingerprint density at radius 2 is 1.60 bits per heavy atom. The molecule has 0 saturated carbocycles. The molecule has 2 N–H and O–H groups in total. The van der Waals surface area contributed by atoms with Crippen molar-refractivity contribution in [2.75, 3.05) is 13.6 Å². The maximum absolute atomic E-state index is 11.7. The molecule has 0 bridgehead atoms. The van der Waals surface area contributed by atoms with Crippen molar-refractivity contribution >= 4 is 46.0 Å². The molecule has 20 heavy (non-hydrogen) atoms. The molecule has 0 fully saturated rings. The number of amides is 1. The smallest absolute Gasteiger partial charge is 0.216 e. The topological polar surface area (TPSA) is 58.2 Å². The Labute approximate surface area is 132 Å². The molecule has 4 nitrogen and oxygen atoms in total. The number of hydrogen-bond acceptors (Lipinski definition) is 4. The molecular weight excluding hydrogens is 292 g/mol. The summed E-state index contributed by atoms with van der Waals surface area (Å²) in [6.45, 7) is 2.26. The monoisotopic (exact) mass is 316 g/mol. The van der Waals surface area contributed by atoms with Gasteiger partial charge in [-0.3, -0.25) is 9.59 Å². The predicted molar refractivity (Wildman–Crippen MR) is 90.3 cm³/mol. The summed E-state index contributed by atoms with van der Waals surface area (Å²) >= 11 is 10.0. The van der Waals surface area contributed by atoms with Gasteiger partial charge in [-0.1, -0.05) is 43.7 Å². The van der Waals surface area contributed by atoms with Crippen LogP contribution in [0.15, 0.2) is 0 Å². The van der Waals surface area contributed by atoms with E-state index in [1.165, 1.54) is 6.92 Å². The number of Topliss-reactive ketones (excluding diaryl/α,β-unsaturated/α-hetero) is 1. The van der Waals surface area contributed by atoms with Gasteiger partial charge in [-0.05, 0) is 12.8 Å². The van der Waals surface area contributed by atoms with E-state index in [1.54, 1.807) is 7.05 Å². The van der Waals surface area contributed by atoms with Crippen LogP contribution in [-0.2, 0) is 9.59 Å². The summed E-state index contributed by atoms with van der Waals surface area (Å²) in [6.07, 6.45) is 5.94. The number of hydrogen-bond donors (Lipinski definition) is 2. The zero-order valence-electron chi connectivity index (χ0n) is 12.3. The van der Waals surface area contributed by atoms with E-state index >= 15 is 0 Å². The molecule has 0 aromatic heterocycles. The molecule has 1 amide bonds. The van der Waals surface area contributed by atoms with E-state index in [4.69, 9.17) is 24.4 Å². The van der Waals surface area contributed by atoms with Gasteiger partial charge in [-0.2, -0.15) is 0 Å². The van der Waals surface area contributed by atoms with Crippen LogP contribution in [-0.4, -0.2) is 35.1 Å². The second kappa shape index (κ2) is 11.9. The first kappa shape index (κ1) is 19.1. The average molecular weight is 316 g/mol. The third kappa shape index (κ3) is 11.0. The minimum atomic E-state index is 0.0195. The molecule has 0 spiro atoms. The normalized spacial score (nSPS) is 9.90. The standard InChI is InChI=1S/C14H24N2O2S2/c1-11(17)16-9-7-5-3-4-6-8-12(18)10-13(19)14(20)15-2/h3-10H2,1-2H3,(H,15,20)(H,16,17). The van der Waals surface area contributed by atoms with Gasteiger partial charge in [0, 0.05) is 33.4 Å². The van der Waals surface area contributed by atoms with Crippen molar-refractivity contribution < 1.29 is 9.59 Å². The molecule has 0 unspecified atom stereocenters. The van der Waals surface area contributed by atoms with Crippen LogP contribution in [0.4, 0.5) is 0 Å². The first-order valence-corrected chi connectivity index (χ1v) is 7.80. The third-order valence-electron chi connectivity index (χ3n) is 2.84. The largest absolute Gasteiger partial charge is 0.378 e. The van der Waals surface area contributed by atoms with Crippen molar-refractivity contribution in [2.24, 2.45) is 0 Å². The number of carbonyl (C=O) groups is 2. The lowest BCUT2D eigenvalue weighted by molar-refractivity contribution is -0.119. The summed E-state index contributed by atoms with van der Waals surface area (Å²) < 4.78 is 0. The summed E-state index contributed by atoms with van der Waals surface area (Å²) in [5.74, 6) is 0.178. The number of nitrogens with one attached hydrogen (secondary N) is 2. The van der Waals surface area contributed by atoms with Gasteiger partial charge in [0.2, 0.25) is 5.91 Å². The molecule has 0 radical (unpaired) electrons. The molecule has 0 aromatic rings. The summed E-state index contributed by atoms with van der Waals surface area (Å²) in [5, 5.41) is 5.55. The van der Waals surface area contributed by atoms with Gasteiger partial charge in [-0.25, -0.2) is 0 Å². The van der Waals surface area contributed by atoms with Crippen LogP contribution < -0.4 is 10.6 Å². The molecule has 114 valence electrons. The van der Waals surface area contributed by atoms with E-state index in [1.807, 2.05) is 0 Å². The predicted octanol–water partition coefficient (Wildman–Crippen LogP) is 2.34. The molecule has 0 aliphatic heterocycles. The fourth-order valence-corrected chi connectivity index (χ4v) is 2.06. The molecule has 0 heterocycles. The minimum absolute atomic E-state index is 0.0195. The number of thiocarbonyl (C=S) groups is 2. The molecule has 0 saturated heterocycles. The fraction of sp³-hybridized carbons (Fsp3) is 0.714. The zero-order chi connectivity index (χ0) is 15.4. The van der Waals surface area contributed by atoms with Crippen LogP contribution in [0, 0.1) is 0 Å². The van der Waals surface area contributed by atoms with Crippen molar-refractivity contribution in [2.45, 2.75) is 51.9 Å². The summed E-state index contributed by atoms with van der Waals surface area (Å²) in [6, 6.07) is 0. The highest BCUT2D eigenvalue weighted by atomic mass is 32.1. The quantitative estimate of drug-likeness (QED) is 0.452. The van der Waals surface area contributed by atoms with E-state index < -0.39 is 0 Å². The summed E-state index contributed by atoms with van der Waals surface area (Å²) in [4.78, 5) is 23.3. The van der Waals surface area contributed by atoms with Crippen LogP contribution >= 0.6 is 24.4 Å². The summed E-state index contributed by atoms with van der Waals surface area (Å²) in [7, 11) is 1.71. The number of rotatable bonds is 11. The van der Waals surface area contributed by atoms with Gasteiger partial charge in [0.25, 0.3) is 0 Å². The van der Waals surface area contributed by atoms with Gasteiger partial charge in [0.05, 0.1) is 4.86 Å². The first-order chi connectivity index (χ1) is 9.47. The highest BCUT2D eigenvalue weighted by Gasteiger charge is 2.09. The molecule has 0 aliphatic rings. The second-order valence-electron chi connectivity index (χ2n) is 4.72. The van der Waals surface area contributed by atoms with Gasteiger partial charge in [0.15, 0.2) is 0 Å². The van der Waals surface area contributed by atoms with Gasteiger partial charge < -0.3 is 10.6 Å². The van der Waals surface area contributed by atoms with Crippen molar-refractivity contribution in [1.82, 2.24) is 10.6 Å². The van der Waals surface area contributed by atoms with Crippen molar-refractivity contribution in [3.63, 3.8) is 0 Å². The molecule has 0 aromatic carbocycles. The Kier molecular flexibility index (Phi) is 11.4. The first-order valence-electron chi connectivity index (χ1n) is 6.98. The number of ketones is 1. The van der Waals surface area contributed by atoms with Crippen molar-refractivity contribution in [3.8, 4) is 0 Å². The highest BCUT2D eigenvalue weighted by Crippen LogP contribution is 2.07. The van der Waals surface area contributed by atoms with Crippen LogP contribution in [0.1, 0.15) is 51.9 Å². The molecule has 0 atom stereocenters. The Bertz CT molecular complexity index is 357. The Morgan fingerprint density at radius 3 is 2.20 bits per heavy atom. The van der Waals surface area contributed by atoms with E-state index in [-0.39, 0.29) is 18.1 Å².